The molecule has 2 aliphatic heterocycles. The largest absolute Gasteiger partial charge is 0.480 e. The Morgan fingerprint density at radius 3 is 2.88 bits per heavy atom. The van der Waals surface area contributed by atoms with E-state index in [1.807, 2.05) is 0 Å². The summed E-state index contributed by atoms with van der Waals surface area (Å²) in [5.74, 6) is 1.75. The Morgan fingerprint density at radius 1 is 1.44 bits per heavy atom. The average molecular weight is 245 g/mol. The van der Waals surface area contributed by atoms with Crippen LogP contribution < -0.4 is 0 Å². The second-order valence-corrected chi connectivity index (χ2v) is 5.63. The molecule has 0 bridgehead atoms. The van der Waals surface area contributed by atoms with Crippen molar-refractivity contribution in [2.75, 3.05) is 37.8 Å². The Balaban J connectivity index is 1.87. The topological polar surface area (TPSA) is 49.8 Å². The van der Waals surface area contributed by atoms with E-state index in [1.165, 1.54) is 0 Å². The fourth-order valence-corrected chi connectivity index (χ4v) is 3.45. The summed E-state index contributed by atoms with van der Waals surface area (Å²) < 4.78 is 5.32. The maximum absolute atomic E-state index is 11.1. The van der Waals surface area contributed by atoms with Gasteiger partial charge >= 0.3 is 5.97 Å². The molecule has 2 saturated heterocycles. The number of hydrogen-bond acceptors (Lipinski definition) is 4. The first-order valence-electron chi connectivity index (χ1n) is 5.89. The zero-order valence-electron chi connectivity index (χ0n) is 9.43. The highest BCUT2D eigenvalue weighted by Crippen LogP contribution is 2.22. The van der Waals surface area contributed by atoms with Crippen LogP contribution in [0.2, 0.25) is 0 Å². The van der Waals surface area contributed by atoms with Gasteiger partial charge in [-0.1, -0.05) is 0 Å². The number of hydrogen-bond donors (Lipinski definition) is 1. The number of carboxylic acid groups (broad SMARTS) is 1. The molecule has 2 rings (SSSR count). The van der Waals surface area contributed by atoms with Gasteiger partial charge in [-0.05, 0) is 18.8 Å². The molecule has 2 aliphatic rings. The van der Waals surface area contributed by atoms with E-state index in [0.717, 1.165) is 50.7 Å². The molecule has 0 saturated carbocycles. The molecule has 92 valence electrons. The van der Waals surface area contributed by atoms with Crippen LogP contribution in [0.4, 0.5) is 0 Å². The van der Waals surface area contributed by atoms with Crippen molar-refractivity contribution in [2.24, 2.45) is 5.92 Å². The van der Waals surface area contributed by atoms with E-state index in [1.54, 1.807) is 11.8 Å². The summed E-state index contributed by atoms with van der Waals surface area (Å²) in [5, 5.41) is 9.16. The molecule has 0 aromatic rings. The van der Waals surface area contributed by atoms with E-state index in [0.29, 0.717) is 5.92 Å². The molecule has 4 nitrogen and oxygen atoms in total. The smallest absolute Gasteiger partial charge is 0.321 e. The molecular formula is C11H19NO3S. The summed E-state index contributed by atoms with van der Waals surface area (Å²) in [7, 11) is 0. The Bertz CT molecular complexity index is 243. The fourth-order valence-electron chi connectivity index (χ4n) is 2.34. The summed E-state index contributed by atoms with van der Waals surface area (Å²) in [6, 6.07) is -0.276. The molecule has 0 aromatic heterocycles. The molecule has 5 heteroatoms. The highest BCUT2D eigenvalue weighted by atomic mass is 32.2. The van der Waals surface area contributed by atoms with E-state index < -0.39 is 5.97 Å². The molecule has 2 fully saturated rings. The zero-order chi connectivity index (χ0) is 11.4. The minimum atomic E-state index is -0.667. The lowest BCUT2D eigenvalue weighted by molar-refractivity contribution is -0.142. The lowest BCUT2D eigenvalue weighted by Gasteiger charge is -2.36. The first kappa shape index (κ1) is 12.2. The molecule has 2 heterocycles. The Hall–Kier alpha value is -0.260. The number of carboxylic acids is 1. The highest BCUT2D eigenvalue weighted by molar-refractivity contribution is 7.99. The molecule has 1 N–H and O–H groups in total. The summed E-state index contributed by atoms with van der Waals surface area (Å²) in [4.78, 5) is 13.3. The maximum atomic E-state index is 11.1. The predicted octanol–water partition coefficient (Wildman–Crippen LogP) is 0.915. The number of aliphatic carboxylic acids is 1. The third kappa shape index (κ3) is 3.12. The average Bonchev–Trinajstić information content (AvgIpc) is 2.31. The van der Waals surface area contributed by atoms with Gasteiger partial charge in [0.1, 0.15) is 6.04 Å². The van der Waals surface area contributed by atoms with Crippen molar-refractivity contribution in [3.05, 3.63) is 0 Å². The number of thioether (sulfide) groups is 1. The Kier molecular flexibility index (Phi) is 4.49. The third-order valence-corrected chi connectivity index (χ3v) is 4.38. The lowest BCUT2D eigenvalue weighted by atomic mass is 9.99. The summed E-state index contributed by atoms with van der Waals surface area (Å²) in [6.45, 7) is 3.52. The minimum absolute atomic E-state index is 0.276. The van der Waals surface area contributed by atoms with Gasteiger partial charge in [0.05, 0.1) is 0 Å². The molecule has 0 amide bonds. The van der Waals surface area contributed by atoms with E-state index in [-0.39, 0.29) is 6.04 Å². The van der Waals surface area contributed by atoms with Crippen molar-refractivity contribution in [3.63, 3.8) is 0 Å². The normalized spacial score (nSPS) is 29.1. The summed E-state index contributed by atoms with van der Waals surface area (Å²) in [6.07, 6.45) is 2.16. The third-order valence-electron chi connectivity index (χ3n) is 3.36. The highest BCUT2D eigenvalue weighted by Gasteiger charge is 2.30. The van der Waals surface area contributed by atoms with Crippen LogP contribution in [0.15, 0.2) is 0 Å². The fraction of sp³-hybridized carbons (Fsp3) is 0.909. The van der Waals surface area contributed by atoms with Crippen LogP contribution in [0.5, 0.6) is 0 Å². The Morgan fingerprint density at radius 2 is 2.19 bits per heavy atom. The van der Waals surface area contributed by atoms with Crippen LogP contribution in [-0.2, 0) is 9.53 Å². The first-order valence-corrected chi connectivity index (χ1v) is 7.05. The van der Waals surface area contributed by atoms with Crippen molar-refractivity contribution in [2.45, 2.75) is 18.9 Å². The van der Waals surface area contributed by atoms with Gasteiger partial charge < -0.3 is 9.84 Å². The number of nitrogens with zero attached hydrogens (tertiary/aromatic N) is 1. The quantitative estimate of drug-likeness (QED) is 0.801. The van der Waals surface area contributed by atoms with Gasteiger partial charge in [0.2, 0.25) is 0 Å². The van der Waals surface area contributed by atoms with E-state index in [4.69, 9.17) is 9.84 Å². The van der Waals surface area contributed by atoms with E-state index in [2.05, 4.69) is 4.90 Å². The summed E-state index contributed by atoms with van der Waals surface area (Å²) in [5.41, 5.74) is 0. The minimum Gasteiger partial charge on any atom is -0.480 e. The van der Waals surface area contributed by atoms with Crippen LogP contribution in [0, 0.1) is 5.92 Å². The SMILES string of the molecule is O=C(O)C1CSCCN1CC1CCOCC1. The molecule has 0 radical (unpaired) electrons. The molecule has 0 spiro atoms. The standard InChI is InChI=1S/C11H19NO3S/c13-11(14)10-8-16-6-3-12(10)7-9-1-4-15-5-2-9/h9-10H,1-8H2,(H,13,14). The molecule has 1 atom stereocenters. The molecular weight excluding hydrogens is 226 g/mol. The van der Waals surface area contributed by atoms with Crippen molar-refractivity contribution >= 4 is 17.7 Å². The van der Waals surface area contributed by atoms with Crippen LogP contribution in [-0.4, -0.2) is 59.8 Å². The van der Waals surface area contributed by atoms with Gasteiger partial charge in [-0.3, -0.25) is 9.69 Å². The van der Waals surface area contributed by atoms with Gasteiger partial charge in [0.15, 0.2) is 0 Å². The second kappa shape index (κ2) is 5.89. The van der Waals surface area contributed by atoms with Gasteiger partial charge in [-0.25, -0.2) is 0 Å². The predicted molar refractivity (Wildman–Crippen MR) is 63.9 cm³/mol. The van der Waals surface area contributed by atoms with Gasteiger partial charge in [-0.15, -0.1) is 0 Å². The van der Waals surface area contributed by atoms with Gasteiger partial charge in [0.25, 0.3) is 0 Å². The van der Waals surface area contributed by atoms with Crippen LogP contribution >= 0.6 is 11.8 Å². The van der Waals surface area contributed by atoms with Crippen LogP contribution in [0.1, 0.15) is 12.8 Å². The number of rotatable bonds is 3. The zero-order valence-corrected chi connectivity index (χ0v) is 10.2. The van der Waals surface area contributed by atoms with Crippen LogP contribution in [0.25, 0.3) is 0 Å². The van der Waals surface area contributed by atoms with E-state index >= 15 is 0 Å². The Labute approximate surface area is 100 Å². The lowest BCUT2D eigenvalue weighted by Crippen LogP contribution is -2.49. The van der Waals surface area contributed by atoms with E-state index in [9.17, 15) is 4.79 Å². The summed E-state index contributed by atoms with van der Waals surface area (Å²) >= 11 is 1.75. The second-order valence-electron chi connectivity index (χ2n) is 4.48. The van der Waals surface area contributed by atoms with Crippen molar-refractivity contribution in [3.8, 4) is 0 Å². The maximum Gasteiger partial charge on any atom is 0.321 e. The van der Waals surface area contributed by atoms with Crippen LogP contribution in [0.3, 0.4) is 0 Å². The monoisotopic (exact) mass is 245 g/mol. The number of ether oxygens (including phenoxy) is 1. The number of carbonyl (C=O) groups is 1. The molecule has 0 aromatic carbocycles. The van der Waals surface area contributed by atoms with Gasteiger partial charge in [0, 0.05) is 37.8 Å². The van der Waals surface area contributed by atoms with Gasteiger partial charge in [-0.2, -0.15) is 11.8 Å². The molecule has 1 unspecified atom stereocenters. The van der Waals surface area contributed by atoms with Crippen molar-refractivity contribution in [1.82, 2.24) is 4.90 Å². The molecule has 16 heavy (non-hydrogen) atoms. The molecule has 0 aliphatic carbocycles. The van der Waals surface area contributed by atoms with Crippen molar-refractivity contribution < 1.29 is 14.6 Å². The van der Waals surface area contributed by atoms with Crippen molar-refractivity contribution in [1.29, 1.82) is 0 Å². The first-order chi connectivity index (χ1) is 7.77.